The summed E-state index contributed by atoms with van der Waals surface area (Å²) in [7, 11) is 0. The third-order valence-electron chi connectivity index (χ3n) is 0.525. The van der Waals surface area contributed by atoms with Crippen molar-refractivity contribution >= 4 is 12.6 Å². The van der Waals surface area contributed by atoms with Crippen molar-refractivity contribution < 1.29 is 14.3 Å². The molecule has 0 atom stereocenters. The number of alkyl carbamates (subject to hydrolysis) is 1. The number of hydrogen-bond acceptors (Lipinski definition) is 3. The predicted molar refractivity (Wildman–Crippen MR) is 30.4 cm³/mol. The van der Waals surface area contributed by atoms with Gasteiger partial charge in [0.1, 0.15) is 0 Å². The summed E-state index contributed by atoms with van der Waals surface area (Å²) in [6.45, 7) is 4.58. The van der Waals surface area contributed by atoms with Gasteiger partial charge in [0.2, 0.25) is 0 Å². The first-order valence-corrected chi connectivity index (χ1v) is 2.24. The molecule has 0 fully saturated rings. The van der Waals surface area contributed by atoms with Crippen molar-refractivity contribution in [1.29, 1.82) is 0 Å². The largest absolute Gasteiger partial charge is 0.426 e. The summed E-state index contributed by atoms with van der Waals surface area (Å²) in [6, 6.07) is 0. The third-order valence-corrected chi connectivity index (χ3v) is 0.525. The summed E-state index contributed by atoms with van der Waals surface area (Å²) in [5.41, 5.74) is 0. The van der Waals surface area contributed by atoms with Crippen LogP contribution in [0.3, 0.4) is 0 Å². The normalized spacial score (nSPS) is 7.56. The van der Waals surface area contributed by atoms with Gasteiger partial charge in [-0.15, -0.1) is 6.58 Å². The lowest BCUT2D eigenvalue weighted by Gasteiger charge is -1.94. The zero-order chi connectivity index (χ0) is 7.11. The minimum atomic E-state index is -0.815. The molecule has 0 saturated carbocycles. The molecule has 0 aromatic carbocycles. The Kier molecular flexibility index (Phi) is 4.12. The average molecular weight is 128 g/mol. The second kappa shape index (κ2) is 4.83. The first kappa shape index (κ1) is 7.68. The van der Waals surface area contributed by atoms with Gasteiger partial charge in [0.05, 0.1) is 0 Å². The number of carbonyl (C=O) groups excluding carboxylic acids is 2. The second-order valence-electron chi connectivity index (χ2n) is 1.14. The monoisotopic (exact) mass is 128 g/mol. The highest BCUT2D eigenvalue weighted by Gasteiger charge is 1.95. The second-order valence-corrected chi connectivity index (χ2v) is 1.14. The maximum Gasteiger partial charge on any atom is 0.426 e. The minimum Gasteiger partial charge on any atom is -0.368 e. The van der Waals surface area contributed by atoms with Gasteiger partial charge in [0.25, 0.3) is 0 Å². The van der Waals surface area contributed by atoms with Gasteiger partial charge >= 0.3 is 12.6 Å². The van der Waals surface area contributed by atoms with E-state index in [2.05, 4.69) is 16.6 Å². The van der Waals surface area contributed by atoms with Gasteiger partial charge in [-0.2, -0.15) is 0 Å². The lowest BCUT2D eigenvalue weighted by Crippen LogP contribution is -2.23. The van der Waals surface area contributed by atoms with Crippen LogP contribution in [0, 0.1) is 0 Å². The molecule has 0 unspecified atom stereocenters. The van der Waals surface area contributed by atoms with Crippen LogP contribution in [-0.4, -0.2) is 19.1 Å². The summed E-state index contributed by atoms with van der Waals surface area (Å²) in [4.78, 5) is 19.5. The van der Waals surface area contributed by atoms with E-state index in [-0.39, 0.29) is 6.54 Å². The number of rotatable bonds is 3. The van der Waals surface area contributed by atoms with Crippen molar-refractivity contribution in [3.63, 3.8) is 0 Å². The first-order valence-electron chi connectivity index (χ1n) is 2.24. The molecule has 0 aromatic rings. The van der Waals surface area contributed by atoms with Crippen molar-refractivity contribution in [3.05, 3.63) is 12.7 Å². The van der Waals surface area contributed by atoms with Gasteiger partial charge in [-0.25, -0.2) is 9.59 Å². The van der Waals surface area contributed by atoms with Crippen LogP contribution in [-0.2, 0) is 9.53 Å². The zero-order valence-electron chi connectivity index (χ0n) is 4.72. The molecule has 1 N–H and O–H groups in total. The van der Waals surface area contributed by atoms with E-state index < -0.39 is 6.09 Å². The number of hydrogen-bond donors (Lipinski definition) is 1. The molecular weight excluding hydrogens is 122 g/mol. The van der Waals surface area contributed by atoms with E-state index in [1.165, 1.54) is 6.08 Å². The van der Waals surface area contributed by atoms with Crippen LogP contribution < -0.4 is 5.32 Å². The summed E-state index contributed by atoms with van der Waals surface area (Å²) in [6.07, 6.45) is 0.649. The Bertz CT molecular complexity index is 121. The molecular formula is C5H6NO3. The van der Waals surface area contributed by atoms with Crippen LogP contribution >= 0.6 is 0 Å². The molecule has 0 heterocycles. The summed E-state index contributed by atoms with van der Waals surface area (Å²) in [5, 5.41) is 2.19. The molecule has 0 aliphatic rings. The van der Waals surface area contributed by atoms with E-state index in [0.29, 0.717) is 0 Å². The van der Waals surface area contributed by atoms with Crippen LogP contribution in [0.15, 0.2) is 12.7 Å². The Morgan fingerprint density at radius 2 is 2.56 bits per heavy atom. The first-order chi connectivity index (χ1) is 4.31. The van der Waals surface area contributed by atoms with Crippen LogP contribution in [0.5, 0.6) is 0 Å². The molecule has 0 aliphatic heterocycles. The van der Waals surface area contributed by atoms with Crippen LogP contribution in [0.25, 0.3) is 0 Å². The van der Waals surface area contributed by atoms with Gasteiger partial charge in [-0.1, -0.05) is 6.08 Å². The molecule has 0 spiro atoms. The molecule has 9 heavy (non-hydrogen) atoms. The van der Waals surface area contributed by atoms with E-state index in [1.54, 1.807) is 0 Å². The highest BCUT2D eigenvalue weighted by Crippen LogP contribution is 1.69. The topological polar surface area (TPSA) is 55.4 Å². The predicted octanol–water partition coefficient (Wildman–Crippen LogP) is -0.0342. The summed E-state index contributed by atoms with van der Waals surface area (Å²) >= 11 is 0. The van der Waals surface area contributed by atoms with Crippen molar-refractivity contribution in [3.8, 4) is 0 Å². The summed E-state index contributed by atoms with van der Waals surface area (Å²) in [5.74, 6) is 0. The fourth-order valence-electron chi connectivity index (χ4n) is 0.229. The fourth-order valence-corrected chi connectivity index (χ4v) is 0.229. The highest BCUT2D eigenvalue weighted by atomic mass is 16.6. The van der Waals surface area contributed by atoms with E-state index in [9.17, 15) is 9.59 Å². The van der Waals surface area contributed by atoms with Gasteiger partial charge < -0.3 is 10.1 Å². The minimum absolute atomic E-state index is 0.278. The van der Waals surface area contributed by atoms with E-state index in [1.807, 2.05) is 0 Å². The number of ether oxygens (including phenoxy) is 1. The molecule has 0 saturated heterocycles. The fraction of sp³-hybridized carbons (Fsp3) is 0.200. The molecule has 1 radical (unpaired) electrons. The molecule has 0 aromatic heterocycles. The van der Waals surface area contributed by atoms with Crippen molar-refractivity contribution in [2.24, 2.45) is 0 Å². The zero-order valence-corrected chi connectivity index (χ0v) is 4.72. The molecule has 4 heteroatoms. The standard InChI is InChI=1S/C5H6NO3/c1-2-3-6-5(8)9-4-7/h2H,1,3H2,(H,6,8). The van der Waals surface area contributed by atoms with Crippen molar-refractivity contribution in [2.45, 2.75) is 0 Å². The molecule has 1 amide bonds. The van der Waals surface area contributed by atoms with Crippen LogP contribution in [0.1, 0.15) is 0 Å². The molecule has 0 rings (SSSR count). The quantitative estimate of drug-likeness (QED) is 0.428. The average Bonchev–Trinajstić information content (AvgIpc) is 1.85. The molecule has 0 aliphatic carbocycles. The Balaban J connectivity index is 3.26. The van der Waals surface area contributed by atoms with Gasteiger partial charge in [0.15, 0.2) is 0 Å². The molecule has 4 nitrogen and oxygen atoms in total. The number of nitrogens with one attached hydrogen (secondary N) is 1. The third kappa shape index (κ3) is 4.53. The van der Waals surface area contributed by atoms with Gasteiger partial charge in [0, 0.05) is 6.54 Å². The Hall–Kier alpha value is -1.32. The van der Waals surface area contributed by atoms with E-state index in [4.69, 9.17) is 0 Å². The SMILES string of the molecule is C=CCNC(=O)O[C]=O. The van der Waals surface area contributed by atoms with Crippen molar-refractivity contribution in [2.75, 3.05) is 6.54 Å². The number of amides is 1. The molecule has 49 valence electrons. The van der Waals surface area contributed by atoms with E-state index in [0.717, 1.165) is 6.47 Å². The lowest BCUT2D eigenvalue weighted by molar-refractivity contribution is 0.195. The summed E-state index contributed by atoms with van der Waals surface area (Å²) < 4.78 is 3.74. The van der Waals surface area contributed by atoms with Crippen LogP contribution in [0.4, 0.5) is 4.79 Å². The van der Waals surface area contributed by atoms with E-state index >= 15 is 0 Å². The maximum absolute atomic E-state index is 10.2. The number of carbonyl (C=O) groups is 1. The highest BCUT2D eigenvalue weighted by molar-refractivity contribution is 5.74. The smallest absolute Gasteiger partial charge is 0.368 e. The Morgan fingerprint density at radius 3 is 3.00 bits per heavy atom. The Labute approximate surface area is 52.5 Å². The van der Waals surface area contributed by atoms with Gasteiger partial charge in [-0.3, -0.25) is 0 Å². The Morgan fingerprint density at radius 1 is 1.89 bits per heavy atom. The lowest BCUT2D eigenvalue weighted by atomic mass is 10.6. The van der Waals surface area contributed by atoms with Gasteiger partial charge in [-0.05, 0) is 0 Å². The van der Waals surface area contributed by atoms with Crippen LogP contribution in [0.2, 0.25) is 0 Å². The molecule has 0 bridgehead atoms. The maximum atomic E-state index is 10.2. The van der Waals surface area contributed by atoms with Crippen molar-refractivity contribution in [1.82, 2.24) is 5.32 Å².